The quantitative estimate of drug-likeness (QED) is 0.162. The van der Waals surface area contributed by atoms with E-state index in [1.54, 1.807) is 18.9 Å². The molecule has 0 aliphatic carbocycles. The molecule has 5 rings (SSSR count). The van der Waals surface area contributed by atoms with Crippen molar-refractivity contribution >= 4 is 0 Å². The molecule has 0 N–H and O–H groups in total. The molecule has 0 saturated carbocycles. The van der Waals surface area contributed by atoms with E-state index in [0.29, 0.717) is 0 Å². The zero-order valence-corrected chi connectivity index (χ0v) is 34.2. The van der Waals surface area contributed by atoms with Crippen LogP contribution in [-0.2, 0) is 27.7 Å². The monoisotopic (exact) mass is 678 g/mol. The van der Waals surface area contributed by atoms with Crippen molar-refractivity contribution in [3.63, 3.8) is 0 Å². The molecule has 0 radical (unpaired) electrons. The summed E-state index contributed by atoms with van der Waals surface area (Å²) < 4.78 is 10.4. The number of rotatable bonds is 0. The number of aryl methyl sites for hydroxylation is 3. The van der Waals surface area contributed by atoms with Crippen LogP contribution < -0.4 is 0 Å². The number of hydrogen-bond donors (Lipinski definition) is 0. The maximum absolute atomic E-state index is 4.25. The van der Waals surface area contributed by atoms with Crippen LogP contribution in [0.15, 0.2) is 62.8 Å². The molecule has 0 saturated heterocycles. The van der Waals surface area contributed by atoms with Crippen LogP contribution in [0.4, 0.5) is 0 Å². The first-order valence-corrected chi connectivity index (χ1v) is 17.0. The minimum atomic E-state index is 0.0660. The highest BCUT2D eigenvalue weighted by Crippen LogP contribution is 2.18. The fourth-order valence-electron chi connectivity index (χ4n) is 4.24. The van der Waals surface area contributed by atoms with Gasteiger partial charge in [-0.1, -0.05) is 0 Å². The molecule has 0 fully saturated rings. The molecule has 5 aromatic rings. The zero-order chi connectivity index (χ0) is 38.0. The van der Waals surface area contributed by atoms with Crippen LogP contribution in [0.1, 0.15) is 127 Å². The van der Waals surface area contributed by atoms with Crippen LogP contribution >= 0.6 is 0 Å². The average Bonchev–Trinajstić information content (AvgIpc) is 3.75. The van der Waals surface area contributed by atoms with E-state index >= 15 is 0 Å². The van der Waals surface area contributed by atoms with Gasteiger partial charge in [0.2, 0.25) is 0 Å². The normalized spacial score (nSPS) is 12.0. The number of imidazole rings is 4. The molecule has 11 nitrogen and oxygen atoms in total. The van der Waals surface area contributed by atoms with Crippen molar-refractivity contribution < 1.29 is 0 Å². The van der Waals surface area contributed by atoms with Gasteiger partial charge in [0, 0.05) is 58.3 Å². The molecule has 5 aromatic heterocycles. The second-order valence-electron chi connectivity index (χ2n) is 17.3. The van der Waals surface area contributed by atoms with E-state index in [4.69, 9.17) is 0 Å². The lowest BCUT2D eigenvalue weighted by Gasteiger charge is -2.22. The van der Waals surface area contributed by atoms with E-state index in [1.807, 2.05) is 56.2 Å². The van der Waals surface area contributed by atoms with E-state index in [9.17, 15) is 0 Å². The molecule has 0 aliphatic rings. The van der Waals surface area contributed by atoms with Gasteiger partial charge in [-0.2, -0.15) is 5.10 Å². The molecule has 274 valence electrons. The first-order valence-electron chi connectivity index (χ1n) is 17.0. The van der Waals surface area contributed by atoms with Crippen LogP contribution in [0, 0.1) is 27.7 Å². The predicted octanol–water partition coefficient (Wildman–Crippen LogP) is 8.82. The van der Waals surface area contributed by atoms with Crippen LogP contribution in [0.3, 0.4) is 0 Å². The van der Waals surface area contributed by atoms with Gasteiger partial charge >= 0.3 is 0 Å². The fourth-order valence-corrected chi connectivity index (χ4v) is 4.24. The number of aromatic nitrogens is 11. The van der Waals surface area contributed by atoms with Crippen molar-refractivity contribution in [1.29, 1.82) is 0 Å². The van der Waals surface area contributed by atoms with Gasteiger partial charge in [-0.3, -0.25) is 0 Å². The van der Waals surface area contributed by atoms with Crippen molar-refractivity contribution in [3.05, 3.63) is 85.5 Å². The lowest BCUT2D eigenvalue weighted by Crippen LogP contribution is -2.21. The molecule has 0 unspecified atom stereocenters. The van der Waals surface area contributed by atoms with Crippen molar-refractivity contribution in [2.24, 2.45) is 0 Å². The molecule has 5 heterocycles. The Kier molecular flexibility index (Phi) is 15.0. The van der Waals surface area contributed by atoms with Crippen LogP contribution in [0.2, 0.25) is 0 Å². The SMILES string of the molecule is CC(C)(C)n1ccnc1.CC(C)(C)n1cncn1.Cc1cn(C(C)(C)C)cn1.Cc1cncn1C(C)(C)C.Cc1ncn(C(C)(C)C)c1C. The van der Waals surface area contributed by atoms with Crippen LogP contribution in [-0.4, -0.2) is 53.0 Å². The second-order valence-corrected chi connectivity index (χ2v) is 17.3. The summed E-state index contributed by atoms with van der Waals surface area (Å²) in [5.41, 5.74) is 5.42. The summed E-state index contributed by atoms with van der Waals surface area (Å²) in [6.07, 6.45) is 18.5. The van der Waals surface area contributed by atoms with Gasteiger partial charge in [-0.25, -0.2) is 29.6 Å². The third-order valence-electron chi connectivity index (χ3n) is 7.39. The summed E-state index contributed by atoms with van der Waals surface area (Å²) >= 11 is 0. The smallest absolute Gasteiger partial charge is 0.137 e. The Hall–Kier alpha value is -4.02. The highest BCUT2D eigenvalue weighted by atomic mass is 15.3. The van der Waals surface area contributed by atoms with E-state index < -0.39 is 0 Å². The van der Waals surface area contributed by atoms with Gasteiger partial charge in [-0.15, -0.1) is 0 Å². The third kappa shape index (κ3) is 15.0. The lowest BCUT2D eigenvalue weighted by atomic mass is 10.1. The fraction of sp³-hybridized carbons (Fsp3) is 0.632. The van der Waals surface area contributed by atoms with Gasteiger partial charge in [0.25, 0.3) is 0 Å². The molecule has 0 atom stereocenters. The minimum Gasteiger partial charge on any atom is -0.332 e. The highest BCUT2D eigenvalue weighted by molar-refractivity contribution is 5.10. The van der Waals surface area contributed by atoms with Gasteiger partial charge in [0.1, 0.15) is 12.7 Å². The number of hydrogen-bond acceptors (Lipinski definition) is 6. The summed E-state index contributed by atoms with van der Waals surface area (Å²) in [6.45, 7) is 40.4. The van der Waals surface area contributed by atoms with E-state index in [1.165, 1.54) is 11.4 Å². The topological polar surface area (TPSA) is 102 Å². The molecule has 0 spiro atoms. The second kappa shape index (κ2) is 17.1. The van der Waals surface area contributed by atoms with E-state index in [0.717, 1.165) is 11.4 Å². The molecular formula is C38H67N11. The molecule has 49 heavy (non-hydrogen) atoms. The Morgan fingerprint density at radius 2 is 1.08 bits per heavy atom. The Morgan fingerprint density at radius 1 is 0.510 bits per heavy atom. The van der Waals surface area contributed by atoms with E-state index in [-0.39, 0.29) is 27.7 Å². The maximum Gasteiger partial charge on any atom is 0.137 e. The van der Waals surface area contributed by atoms with Crippen molar-refractivity contribution in [2.75, 3.05) is 0 Å². The van der Waals surface area contributed by atoms with E-state index in [2.05, 4.69) is 172 Å². The first kappa shape index (κ1) is 43.0. The standard InChI is InChI=1S/C9H16N2.2C8H14N2.C7H12N2.C6H11N3/c1-7-8(2)11(6-10-7)9(3,4)5;1-7-5-10(6-9-7)8(2,3)4;1-7-5-9-6-10(7)8(2,3)4;1-7(2,3)9-5-4-8-6-9;1-6(2,3)9-5-7-4-8-9/h6H,1-5H3;2*5-6H,1-4H3;4-6H,1-3H3;4-5H,1-3H3. The van der Waals surface area contributed by atoms with Gasteiger partial charge in [0.15, 0.2) is 0 Å². The largest absolute Gasteiger partial charge is 0.332 e. The molecule has 0 aliphatic heterocycles. The lowest BCUT2D eigenvalue weighted by molar-refractivity contribution is 0.354. The molecule has 11 heteroatoms. The predicted molar refractivity (Wildman–Crippen MR) is 203 cm³/mol. The van der Waals surface area contributed by atoms with Crippen LogP contribution in [0.5, 0.6) is 0 Å². The maximum atomic E-state index is 4.25. The average molecular weight is 678 g/mol. The summed E-state index contributed by atoms with van der Waals surface area (Å²) in [7, 11) is 0. The van der Waals surface area contributed by atoms with Crippen molar-refractivity contribution in [2.45, 2.75) is 159 Å². The first-order chi connectivity index (χ1) is 22.2. The summed E-state index contributed by atoms with van der Waals surface area (Å²) in [5.74, 6) is 0. The Morgan fingerprint density at radius 3 is 1.29 bits per heavy atom. The Bertz CT molecular complexity index is 1550. The molecular weight excluding hydrogens is 610 g/mol. The molecule has 0 aromatic carbocycles. The van der Waals surface area contributed by atoms with Crippen LogP contribution in [0.25, 0.3) is 0 Å². The third-order valence-corrected chi connectivity index (χ3v) is 7.39. The van der Waals surface area contributed by atoms with Gasteiger partial charge in [-0.05, 0) is 132 Å². The van der Waals surface area contributed by atoms with Gasteiger partial charge in [0.05, 0.1) is 42.2 Å². The molecule has 0 bridgehead atoms. The Balaban J connectivity index is 0.000000307. The molecule has 0 amide bonds. The van der Waals surface area contributed by atoms with Crippen molar-refractivity contribution in [1.82, 2.24) is 53.0 Å². The summed E-state index contributed by atoms with van der Waals surface area (Å²) in [6, 6.07) is 0. The number of nitrogens with zero attached hydrogens (tertiary/aromatic N) is 11. The summed E-state index contributed by atoms with van der Waals surface area (Å²) in [4.78, 5) is 20.2. The Labute approximate surface area is 297 Å². The van der Waals surface area contributed by atoms with Crippen molar-refractivity contribution in [3.8, 4) is 0 Å². The van der Waals surface area contributed by atoms with Gasteiger partial charge < -0.3 is 18.3 Å². The summed E-state index contributed by atoms with van der Waals surface area (Å²) in [5, 5.41) is 3.99. The zero-order valence-electron chi connectivity index (χ0n) is 34.2. The highest BCUT2D eigenvalue weighted by Gasteiger charge is 2.16. The minimum absolute atomic E-state index is 0.0660.